The molecule has 1 aromatic carbocycles. The molecule has 0 saturated carbocycles. The van der Waals surface area contributed by atoms with Crippen LogP contribution in [0.3, 0.4) is 0 Å². The summed E-state index contributed by atoms with van der Waals surface area (Å²) in [4.78, 5) is 40.7. The maximum Gasteiger partial charge on any atom is 0.419 e. The van der Waals surface area contributed by atoms with Crippen molar-refractivity contribution in [3.63, 3.8) is 0 Å². The average Bonchev–Trinajstić information content (AvgIpc) is 2.81. The maximum absolute atomic E-state index is 13.8. The van der Waals surface area contributed by atoms with E-state index in [1.807, 2.05) is 6.92 Å². The second-order valence-electron chi connectivity index (χ2n) is 8.53. The van der Waals surface area contributed by atoms with Gasteiger partial charge >= 0.3 is 12.1 Å². The molecule has 2 aliphatic heterocycles. The fourth-order valence-corrected chi connectivity index (χ4v) is 4.30. The minimum absolute atomic E-state index is 0.0111. The van der Waals surface area contributed by atoms with Gasteiger partial charge in [0.2, 0.25) is 5.91 Å². The molecule has 3 rings (SSSR count). The molecule has 2 heterocycles. The number of piperidine rings is 2. The Bertz CT molecular complexity index is 874. The Labute approximate surface area is 189 Å². The second kappa shape index (κ2) is 10.5. The molecule has 0 aliphatic carbocycles. The minimum Gasteiger partial charge on any atom is -0.465 e. The lowest BCUT2D eigenvalue weighted by molar-refractivity contribution is -0.152. The van der Waals surface area contributed by atoms with Gasteiger partial charge in [0.15, 0.2) is 0 Å². The van der Waals surface area contributed by atoms with Crippen molar-refractivity contribution in [1.29, 1.82) is 0 Å². The molecular formula is C23H28F4N2O4. The van der Waals surface area contributed by atoms with Crippen LogP contribution in [-0.4, -0.2) is 60.4 Å². The zero-order chi connectivity index (χ0) is 24.2. The Morgan fingerprint density at radius 1 is 0.970 bits per heavy atom. The van der Waals surface area contributed by atoms with E-state index in [1.54, 1.807) is 4.90 Å². The summed E-state index contributed by atoms with van der Waals surface area (Å²) in [5, 5.41) is 0. The molecule has 2 amide bonds. The molecule has 182 valence electrons. The van der Waals surface area contributed by atoms with E-state index in [0.29, 0.717) is 57.5 Å². The monoisotopic (exact) mass is 472 g/mol. The highest BCUT2D eigenvalue weighted by Crippen LogP contribution is 2.32. The van der Waals surface area contributed by atoms with Crippen molar-refractivity contribution < 1.29 is 36.7 Å². The second-order valence-corrected chi connectivity index (χ2v) is 8.53. The van der Waals surface area contributed by atoms with E-state index in [1.165, 1.54) is 4.90 Å². The van der Waals surface area contributed by atoms with Gasteiger partial charge in [-0.05, 0) is 50.3 Å². The van der Waals surface area contributed by atoms with Crippen molar-refractivity contribution in [3.05, 3.63) is 35.1 Å². The lowest BCUT2D eigenvalue weighted by Gasteiger charge is -2.37. The number of amides is 2. The van der Waals surface area contributed by atoms with Crippen LogP contribution in [0.1, 0.15) is 54.9 Å². The van der Waals surface area contributed by atoms with Gasteiger partial charge in [0.1, 0.15) is 5.82 Å². The molecule has 0 bridgehead atoms. The van der Waals surface area contributed by atoms with E-state index in [4.69, 9.17) is 4.74 Å². The largest absolute Gasteiger partial charge is 0.465 e. The third kappa shape index (κ3) is 6.03. The maximum atomic E-state index is 13.8. The number of ether oxygens (including phenoxy) is 1. The van der Waals surface area contributed by atoms with E-state index < -0.39 is 23.5 Å². The van der Waals surface area contributed by atoms with E-state index in [-0.39, 0.29) is 42.4 Å². The summed E-state index contributed by atoms with van der Waals surface area (Å²) in [7, 11) is 0. The first-order chi connectivity index (χ1) is 15.6. The van der Waals surface area contributed by atoms with E-state index in [9.17, 15) is 31.9 Å². The molecule has 0 N–H and O–H groups in total. The van der Waals surface area contributed by atoms with Crippen molar-refractivity contribution in [2.75, 3.05) is 32.8 Å². The zero-order valence-corrected chi connectivity index (χ0v) is 18.5. The Kier molecular flexibility index (Phi) is 7.97. The van der Waals surface area contributed by atoms with Gasteiger partial charge < -0.3 is 14.5 Å². The highest BCUT2D eigenvalue weighted by molar-refractivity contribution is 5.94. The summed E-state index contributed by atoms with van der Waals surface area (Å²) < 4.78 is 57.2. The first-order valence-electron chi connectivity index (χ1n) is 11.2. The Morgan fingerprint density at radius 2 is 1.55 bits per heavy atom. The molecule has 33 heavy (non-hydrogen) atoms. The standard InChI is InChI=1S/C23H28F4N2O4/c1-2-13-33-22(32)16-7-11-28(12-8-16)20(30)15-5-9-29(10-6-15)21(31)17-3-4-18(19(24)14-17)23(25,26)27/h3-4,14-16H,2,5-13H2,1H3. The van der Waals surface area contributed by atoms with Gasteiger partial charge in [0, 0.05) is 37.7 Å². The normalized spacial score (nSPS) is 18.3. The predicted molar refractivity (Wildman–Crippen MR) is 111 cm³/mol. The van der Waals surface area contributed by atoms with Crippen LogP contribution in [0.5, 0.6) is 0 Å². The minimum atomic E-state index is -4.82. The van der Waals surface area contributed by atoms with Crippen molar-refractivity contribution in [3.8, 4) is 0 Å². The van der Waals surface area contributed by atoms with Crippen molar-refractivity contribution in [2.45, 2.75) is 45.2 Å². The number of benzene rings is 1. The summed E-state index contributed by atoms with van der Waals surface area (Å²) in [6.45, 7) is 3.81. The number of rotatable bonds is 5. The van der Waals surface area contributed by atoms with Gasteiger partial charge in [-0.1, -0.05) is 6.92 Å². The van der Waals surface area contributed by atoms with Gasteiger partial charge in [-0.15, -0.1) is 0 Å². The van der Waals surface area contributed by atoms with Crippen LogP contribution in [0, 0.1) is 17.7 Å². The number of likely N-dealkylation sites (tertiary alicyclic amines) is 2. The van der Waals surface area contributed by atoms with Crippen molar-refractivity contribution in [2.24, 2.45) is 11.8 Å². The zero-order valence-electron chi connectivity index (χ0n) is 18.5. The molecular weight excluding hydrogens is 444 g/mol. The predicted octanol–water partition coefficient (Wildman–Crippen LogP) is 3.89. The topological polar surface area (TPSA) is 66.9 Å². The van der Waals surface area contributed by atoms with Crippen LogP contribution in [0.4, 0.5) is 17.6 Å². The molecule has 2 aliphatic rings. The lowest BCUT2D eigenvalue weighted by Crippen LogP contribution is -2.47. The van der Waals surface area contributed by atoms with E-state index in [0.717, 1.165) is 12.5 Å². The summed E-state index contributed by atoms with van der Waals surface area (Å²) in [6, 6.07) is 2.15. The first-order valence-corrected chi connectivity index (χ1v) is 11.2. The number of hydrogen-bond acceptors (Lipinski definition) is 4. The molecule has 2 fully saturated rings. The van der Waals surface area contributed by atoms with Crippen LogP contribution in [0.25, 0.3) is 0 Å². The molecule has 2 saturated heterocycles. The molecule has 6 nitrogen and oxygen atoms in total. The van der Waals surface area contributed by atoms with Gasteiger partial charge in [-0.25, -0.2) is 4.39 Å². The van der Waals surface area contributed by atoms with Crippen molar-refractivity contribution >= 4 is 17.8 Å². The van der Waals surface area contributed by atoms with E-state index in [2.05, 4.69) is 0 Å². The number of esters is 1. The van der Waals surface area contributed by atoms with Crippen LogP contribution < -0.4 is 0 Å². The van der Waals surface area contributed by atoms with Gasteiger partial charge in [0.25, 0.3) is 5.91 Å². The third-order valence-electron chi connectivity index (χ3n) is 6.24. The Morgan fingerprint density at radius 3 is 2.09 bits per heavy atom. The number of carbonyl (C=O) groups is 3. The fourth-order valence-electron chi connectivity index (χ4n) is 4.30. The lowest BCUT2D eigenvalue weighted by atomic mass is 9.92. The highest BCUT2D eigenvalue weighted by Gasteiger charge is 2.36. The third-order valence-corrected chi connectivity index (χ3v) is 6.24. The van der Waals surface area contributed by atoms with Gasteiger partial charge in [-0.3, -0.25) is 14.4 Å². The quantitative estimate of drug-likeness (QED) is 0.482. The highest BCUT2D eigenvalue weighted by atomic mass is 19.4. The molecule has 0 spiro atoms. The molecule has 0 atom stereocenters. The molecule has 1 aromatic rings. The average molecular weight is 472 g/mol. The van der Waals surface area contributed by atoms with Gasteiger partial charge in [0.05, 0.1) is 18.1 Å². The van der Waals surface area contributed by atoms with Crippen LogP contribution in [0.2, 0.25) is 0 Å². The Hall–Kier alpha value is -2.65. The first kappa shape index (κ1) is 25.0. The smallest absolute Gasteiger partial charge is 0.419 e. The van der Waals surface area contributed by atoms with Crippen LogP contribution >= 0.6 is 0 Å². The number of alkyl halides is 3. The number of nitrogens with zero attached hydrogens (tertiary/aromatic N) is 2. The summed E-state index contributed by atoms with van der Waals surface area (Å²) in [5.74, 6) is -2.72. The SMILES string of the molecule is CCCOC(=O)C1CCN(C(=O)C2CCN(C(=O)c3ccc(C(F)(F)F)c(F)c3)CC2)CC1. The Balaban J connectivity index is 1.50. The van der Waals surface area contributed by atoms with Crippen molar-refractivity contribution in [1.82, 2.24) is 9.80 Å². The molecule has 0 radical (unpaired) electrons. The van der Waals surface area contributed by atoms with E-state index >= 15 is 0 Å². The van der Waals surface area contributed by atoms with Crippen LogP contribution in [0.15, 0.2) is 18.2 Å². The number of hydrogen-bond donors (Lipinski definition) is 0. The summed E-state index contributed by atoms with van der Waals surface area (Å²) >= 11 is 0. The van der Waals surface area contributed by atoms with Gasteiger partial charge in [-0.2, -0.15) is 13.2 Å². The number of halogens is 4. The summed E-state index contributed by atoms with van der Waals surface area (Å²) in [5.41, 5.74) is -1.56. The summed E-state index contributed by atoms with van der Waals surface area (Å²) in [6.07, 6.45) is -2.10. The molecule has 0 aromatic heterocycles. The molecule has 10 heteroatoms. The fraction of sp³-hybridized carbons (Fsp3) is 0.609. The van der Waals surface area contributed by atoms with Crippen LogP contribution in [-0.2, 0) is 20.5 Å². The number of carbonyl (C=O) groups excluding carboxylic acids is 3. The molecule has 0 unspecified atom stereocenters.